The molecule has 0 spiro atoms. The van der Waals surface area contributed by atoms with E-state index in [1.807, 2.05) is 12.1 Å². The van der Waals surface area contributed by atoms with Crippen molar-refractivity contribution in [1.82, 2.24) is 4.98 Å². The molecule has 1 aliphatic rings. The average Bonchev–Trinajstić information content (AvgIpc) is 3.31. The Bertz CT molecular complexity index is 966. The fourth-order valence-electron chi connectivity index (χ4n) is 2.87. The van der Waals surface area contributed by atoms with Crippen LogP contribution in [0.5, 0.6) is 0 Å². The molecular formula is C17H13Cl3N2O2S2. The average molecular weight is 448 g/mol. The number of carbonyl (C=O) groups is 1. The van der Waals surface area contributed by atoms with Crippen LogP contribution in [0.1, 0.15) is 23.2 Å². The zero-order valence-corrected chi connectivity index (χ0v) is 17.3. The molecule has 1 fully saturated rings. The van der Waals surface area contributed by atoms with Crippen molar-refractivity contribution in [1.29, 1.82) is 0 Å². The normalized spacial score (nSPS) is 17.1. The third kappa shape index (κ3) is 3.72. The van der Waals surface area contributed by atoms with Gasteiger partial charge in [0.15, 0.2) is 5.13 Å². The molecule has 3 aromatic rings. The van der Waals surface area contributed by atoms with Crippen LogP contribution >= 0.6 is 57.5 Å². The number of halogens is 3. The summed E-state index contributed by atoms with van der Waals surface area (Å²) in [6, 6.07) is 7.08. The summed E-state index contributed by atoms with van der Waals surface area (Å²) in [7, 11) is 0. The maximum atomic E-state index is 13.2. The number of carbonyl (C=O) groups excluding carboxylic acids is 1. The van der Waals surface area contributed by atoms with Crippen LogP contribution in [0.3, 0.4) is 0 Å². The van der Waals surface area contributed by atoms with E-state index in [1.54, 1.807) is 17.0 Å². The van der Waals surface area contributed by atoms with Crippen LogP contribution in [-0.4, -0.2) is 30.1 Å². The molecule has 136 valence electrons. The second-order valence-electron chi connectivity index (χ2n) is 5.90. The number of nitrogens with zero attached hydrogens (tertiary/aromatic N) is 2. The Labute approximate surface area is 173 Å². The minimum atomic E-state index is -0.223. The van der Waals surface area contributed by atoms with Crippen LogP contribution < -0.4 is 4.90 Å². The van der Waals surface area contributed by atoms with Crippen molar-refractivity contribution in [2.24, 2.45) is 0 Å². The minimum absolute atomic E-state index is 0.0116. The molecule has 1 aromatic carbocycles. The van der Waals surface area contributed by atoms with Crippen molar-refractivity contribution in [2.45, 2.75) is 18.9 Å². The summed E-state index contributed by atoms with van der Waals surface area (Å²) in [5.41, 5.74) is 1.19. The molecule has 1 amide bonds. The molecule has 0 N–H and O–H groups in total. The highest BCUT2D eigenvalue weighted by Crippen LogP contribution is 2.36. The van der Waals surface area contributed by atoms with E-state index in [9.17, 15) is 4.79 Å². The lowest BCUT2D eigenvalue weighted by molar-refractivity contribution is 0.0918. The third-order valence-electron chi connectivity index (χ3n) is 4.11. The van der Waals surface area contributed by atoms with E-state index in [4.69, 9.17) is 39.5 Å². The summed E-state index contributed by atoms with van der Waals surface area (Å²) < 4.78 is 7.50. The summed E-state index contributed by atoms with van der Waals surface area (Å²) in [6.07, 6.45) is 1.90. The molecule has 0 bridgehead atoms. The molecule has 9 heteroatoms. The van der Waals surface area contributed by atoms with Crippen LogP contribution in [0.25, 0.3) is 10.2 Å². The first-order valence-electron chi connectivity index (χ1n) is 7.95. The van der Waals surface area contributed by atoms with E-state index >= 15 is 0 Å². The minimum Gasteiger partial charge on any atom is -0.376 e. The van der Waals surface area contributed by atoms with Gasteiger partial charge in [0.2, 0.25) is 0 Å². The SMILES string of the molecule is O=C(c1cc(Cl)sc1Cl)N(CC1CCCO1)c1nc2ccc(Cl)cc2s1. The zero-order valence-electron chi connectivity index (χ0n) is 13.4. The number of hydrogen-bond donors (Lipinski definition) is 0. The fraction of sp³-hybridized carbons (Fsp3) is 0.294. The smallest absolute Gasteiger partial charge is 0.262 e. The number of rotatable bonds is 4. The number of aromatic nitrogens is 1. The predicted molar refractivity (Wildman–Crippen MR) is 110 cm³/mol. The lowest BCUT2D eigenvalue weighted by atomic mass is 10.2. The van der Waals surface area contributed by atoms with Gasteiger partial charge in [0.05, 0.1) is 32.8 Å². The molecule has 1 aliphatic heterocycles. The van der Waals surface area contributed by atoms with Gasteiger partial charge in [0.1, 0.15) is 4.34 Å². The Kier molecular flexibility index (Phi) is 5.41. The van der Waals surface area contributed by atoms with Crippen molar-refractivity contribution in [2.75, 3.05) is 18.1 Å². The molecule has 0 aliphatic carbocycles. The van der Waals surface area contributed by atoms with Crippen molar-refractivity contribution in [3.63, 3.8) is 0 Å². The van der Waals surface area contributed by atoms with Crippen LogP contribution in [0.4, 0.5) is 5.13 Å². The van der Waals surface area contributed by atoms with Gasteiger partial charge in [0.25, 0.3) is 5.91 Å². The highest BCUT2D eigenvalue weighted by Gasteiger charge is 2.29. The van der Waals surface area contributed by atoms with Gasteiger partial charge >= 0.3 is 0 Å². The Morgan fingerprint density at radius 2 is 2.12 bits per heavy atom. The topological polar surface area (TPSA) is 42.4 Å². The van der Waals surface area contributed by atoms with Crippen LogP contribution in [0.15, 0.2) is 24.3 Å². The van der Waals surface area contributed by atoms with Gasteiger partial charge in [-0.3, -0.25) is 9.69 Å². The number of ether oxygens (including phenoxy) is 1. The largest absolute Gasteiger partial charge is 0.376 e. The molecule has 3 heterocycles. The molecular weight excluding hydrogens is 435 g/mol. The van der Waals surface area contributed by atoms with Gasteiger partial charge in [-0.15, -0.1) is 11.3 Å². The van der Waals surface area contributed by atoms with Gasteiger partial charge in [-0.2, -0.15) is 0 Å². The summed E-state index contributed by atoms with van der Waals surface area (Å²) >= 11 is 20.9. The summed E-state index contributed by atoms with van der Waals surface area (Å²) in [5, 5.41) is 1.23. The maximum absolute atomic E-state index is 13.2. The van der Waals surface area contributed by atoms with E-state index in [2.05, 4.69) is 4.98 Å². The van der Waals surface area contributed by atoms with Crippen molar-refractivity contribution >= 4 is 78.7 Å². The summed E-state index contributed by atoms with van der Waals surface area (Å²) in [6.45, 7) is 1.14. The van der Waals surface area contributed by atoms with Gasteiger partial charge in [-0.25, -0.2) is 4.98 Å². The molecule has 26 heavy (non-hydrogen) atoms. The molecule has 0 radical (unpaired) electrons. The number of thiazole rings is 1. The number of anilines is 1. The maximum Gasteiger partial charge on any atom is 0.262 e. The van der Waals surface area contributed by atoms with Gasteiger partial charge in [-0.1, -0.05) is 46.1 Å². The zero-order chi connectivity index (χ0) is 18.3. The monoisotopic (exact) mass is 446 g/mol. The van der Waals surface area contributed by atoms with E-state index in [0.717, 1.165) is 23.1 Å². The molecule has 1 unspecified atom stereocenters. The first kappa shape index (κ1) is 18.5. The van der Waals surface area contributed by atoms with Gasteiger partial charge in [-0.05, 0) is 37.1 Å². The summed E-state index contributed by atoms with van der Waals surface area (Å²) in [4.78, 5) is 19.4. The first-order chi connectivity index (χ1) is 12.5. The second-order valence-corrected chi connectivity index (χ2v) is 9.63. The molecule has 2 aromatic heterocycles. The second kappa shape index (κ2) is 7.62. The Balaban J connectivity index is 1.73. The molecule has 4 rings (SSSR count). The van der Waals surface area contributed by atoms with E-state index in [0.29, 0.717) is 37.5 Å². The predicted octanol–water partition coefficient (Wildman–Crippen LogP) is 6.14. The molecule has 4 nitrogen and oxygen atoms in total. The lowest BCUT2D eigenvalue weighted by Gasteiger charge is -2.22. The molecule has 0 saturated carbocycles. The lowest BCUT2D eigenvalue weighted by Crippen LogP contribution is -2.37. The standard InChI is InChI=1S/C17H13Cl3N2O2S2/c18-9-3-4-12-13(6-9)25-17(21-12)22(8-10-2-1-5-24-10)16(23)11-7-14(19)26-15(11)20/h3-4,6-7,10H,1-2,5,8H2. The quantitative estimate of drug-likeness (QED) is 0.482. The highest BCUT2D eigenvalue weighted by atomic mass is 35.5. The third-order valence-corrected chi connectivity index (χ3v) is 6.88. The van der Waals surface area contributed by atoms with E-state index < -0.39 is 0 Å². The first-order valence-corrected chi connectivity index (χ1v) is 10.7. The Morgan fingerprint density at radius 3 is 2.81 bits per heavy atom. The number of hydrogen-bond acceptors (Lipinski definition) is 5. The van der Waals surface area contributed by atoms with E-state index in [1.165, 1.54) is 22.7 Å². The Morgan fingerprint density at radius 1 is 1.27 bits per heavy atom. The number of benzene rings is 1. The van der Waals surface area contributed by atoms with E-state index in [-0.39, 0.29) is 12.0 Å². The van der Waals surface area contributed by atoms with Crippen molar-refractivity contribution in [3.8, 4) is 0 Å². The van der Waals surface area contributed by atoms with Gasteiger partial charge < -0.3 is 4.74 Å². The number of amides is 1. The van der Waals surface area contributed by atoms with Crippen LogP contribution in [0.2, 0.25) is 13.7 Å². The summed E-state index contributed by atoms with van der Waals surface area (Å²) in [5.74, 6) is -0.223. The molecule has 1 atom stereocenters. The van der Waals surface area contributed by atoms with Crippen molar-refractivity contribution < 1.29 is 9.53 Å². The Hall–Kier alpha value is -0.890. The number of fused-ring (bicyclic) bond motifs is 1. The van der Waals surface area contributed by atoms with Crippen LogP contribution in [0, 0.1) is 0 Å². The van der Waals surface area contributed by atoms with Gasteiger partial charge in [0, 0.05) is 11.6 Å². The highest BCUT2D eigenvalue weighted by molar-refractivity contribution is 7.22. The molecule has 1 saturated heterocycles. The fourth-order valence-corrected chi connectivity index (χ4v) is 5.57. The van der Waals surface area contributed by atoms with Crippen LogP contribution in [-0.2, 0) is 4.74 Å². The van der Waals surface area contributed by atoms with Crippen molar-refractivity contribution in [3.05, 3.63) is 43.5 Å². The number of thiophene rings is 1.